The maximum atomic E-state index is 10.9. The van der Waals surface area contributed by atoms with Gasteiger partial charge >= 0.3 is 0 Å². The molecule has 0 aromatic rings. The normalized spacial score (nSPS) is 20.6. The summed E-state index contributed by atoms with van der Waals surface area (Å²) in [5.74, 6) is 1.97. The van der Waals surface area contributed by atoms with Crippen LogP contribution in [0.15, 0.2) is 41.4 Å². The number of ether oxygens (including phenoxy) is 1. The fourth-order valence-electron chi connectivity index (χ4n) is 1.60. The quantitative estimate of drug-likeness (QED) is 0.424. The molecule has 97 valence electrons. The van der Waals surface area contributed by atoms with Crippen molar-refractivity contribution in [3.63, 3.8) is 0 Å². The standard InChI is InChI=1S/C14H19O2SSi/c1-5-14(18(3)4)17-12-7-8-13(16-6-2)11(9-12)10-15/h5,7-9,13-14H,1,6H2,2-4H3. The molecule has 18 heavy (non-hydrogen) atoms. The molecule has 0 aromatic carbocycles. The highest BCUT2D eigenvalue weighted by atomic mass is 32.2. The molecular formula is C14H19O2SSi. The van der Waals surface area contributed by atoms with Gasteiger partial charge in [-0.05, 0) is 25.2 Å². The minimum absolute atomic E-state index is 0.243. The van der Waals surface area contributed by atoms with Crippen LogP contribution in [-0.2, 0) is 9.53 Å². The van der Waals surface area contributed by atoms with Crippen molar-refractivity contribution in [2.45, 2.75) is 31.0 Å². The average molecular weight is 279 g/mol. The number of rotatable bonds is 6. The van der Waals surface area contributed by atoms with Gasteiger partial charge in [0.05, 0.1) is 14.4 Å². The van der Waals surface area contributed by atoms with Crippen LogP contribution in [0.3, 0.4) is 0 Å². The van der Waals surface area contributed by atoms with E-state index in [1.165, 1.54) is 0 Å². The molecule has 0 aliphatic heterocycles. The first-order chi connectivity index (χ1) is 8.62. The van der Waals surface area contributed by atoms with E-state index < -0.39 is 8.80 Å². The Kier molecular flexibility index (Phi) is 6.43. The minimum Gasteiger partial charge on any atom is -0.369 e. The average Bonchev–Trinajstić information content (AvgIpc) is 2.37. The molecular weight excluding hydrogens is 260 g/mol. The summed E-state index contributed by atoms with van der Waals surface area (Å²) in [6.07, 6.45) is 7.57. The SMILES string of the molecule is C=CC(SC1=CC(=C=O)C(OCC)C=C1)[Si](C)C. The van der Waals surface area contributed by atoms with E-state index in [1.807, 2.05) is 37.2 Å². The number of thioether (sulfide) groups is 1. The number of allylic oxidation sites excluding steroid dienone is 1. The fraction of sp³-hybridized carbons (Fsp3) is 0.429. The predicted molar refractivity (Wildman–Crippen MR) is 80.9 cm³/mol. The maximum absolute atomic E-state index is 10.9. The smallest absolute Gasteiger partial charge is 0.131 e. The third-order valence-corrected chi connectivity index (χ3v) is 6.66. The van der Waals surface area contributed by atoms with Gasteiger partial charge in [0.2, 0.25) is 0 Å². The van der Waals surface area contributed by atoms with Crippen molar-refractivity contribution < 1.29 is 9.53 Å². The second-order valence-corrected chi connectivity index (χ2v) is 8.60. The van der Waals surface area contributed by atoms with Gasteiger partial charge < -0.3 is 4.74 Å². The molecule has 0 N–H and O–H groups in total. The Morgan fingerprint density at radius 1 is 1.67 bits per heavy atom. The number of hydrogen-bond donors (Lipinski definition) is 0. The topological polar surface area (TPSA) is 26.3 Å². The van der Waals surface area contributed by atoms with Gasteiger partial charge in [-0.3, -0.25) is 0 Å². The van der Waals surface area contributed by atoms with Crippen LogP contribution in [0.25, 0.3) is 0 Å². The summed E-state index contributed by atoms with van der Waals surface area (Å²) in [6.45, 7) is 10.9. The summed E-state index contributed by atoms with van der Waals surface area (Å²) in [7, 11) is -0.439. The molecule has 0 aromatic heterocycles. The predicted octanol–water partition coefficient (Wildman–Crippen LogP) is 3.18. The van der Waals surface area contributed by atoms with Gasteiger partial charge in [-0.2, -0.15) is 0 Å². The Morgan fingerprint density at radius 3 is 2.89 bits per heavy atom. The summed E-state index contributed by atoms with van der Waals surface area (Å²) in [5.41, 5.74) is 0.575. The lowest BCUT2D eigenvalue weighted by Crippen LogP contribution is -2.19. The summed E-state index contributed by atoms with van der Waals surface area (Å²) >= 11 is 1.76. The molecule has 0 spiro atoms. The molecule has 4 heteroatoms. The Balaban J connectivity index is 2.79. The highest BCUT2D eigenvalue weighted by Crippen LogP contribution is 2.30. The van der Waals surface area contributed by atoms with E-state index in [2.05, 4.69) is 19.7 Å². The van der Waals surface area contributed by atoms with Gasteiger partial charge in [-0.15, -0.1) is 18.3 Å². The molecule has 0 saturated heterocycles. The van der Waals surface area contributed by atoms with Crippen LogP contribution in [0, 0.1) is 0 Å². The van der Waals surface area contributed by atoms with E-state index in [1.54, 1.807) is 11.8 Å². The fourth-order valence-corrected chi connectivity index (χ4v) is 4.17. The van der Waals surface area contributed by atoms with Gasteiger partial charge in [-0.25, -0.2) is 4.79 Å². The van der Waals surface area contributed by atoms with Crippen LogP contribution in [-0.4, -0.2) is 32.3 Å². The monoisotopic (exact) mass is 279 g/mol. The second kappa shape index (κ2) is 7.59. The summed E-state index contributed by atoms with van der Waals surface area (Å²) in [4.78, 5) is 12.5. The van der Waals surface area contributed by atoms with Crippen molar-refractivity contribution in [1.82, 2.24) is 0 Å². The number of hydrogen-bond acceptors (Lipinski definition) is 3. The Bertz CT molecular complexity index is 406. The van der Waals surface area contributed by atoms with Crippen molar-refractivity contribution >= 4 is 26.5 Å². The van der Waals surface area contributed by atoms with E-state index in [0.717, 1.165) is 4.91 Å². The highest BCUT2D eigenvalue weighted by molar-refractivity contribution is 8.05. The van der Waals surface area contributed by atoms with Crippen molar-refractivity contribution in [3.05, 3.63) is 41.4 Å². The summed E-state index contributed by atoms with van der Waals surface area (Å²) in [6, 6.07) is 0. The first kappa shape index (κ1) is 15.3. The Hall–Kier alpha value is -0.803. The molecule has 0 heterocycles. The second-order valence-electron chi connectivity index (χ2n) is 4.19. The van der Waals surface area contributed by atoms with Crippen LogP contribution in [0.4, 0.5) is 0 Å². The zero-order chi connectivity index (χ0) is 13.5. The van der Waals surface area contributed by atoms with Gasteiger partial charge in [-0.1, -0.05) is 19.2 Å². The van der Waals surface area contributed by atoms with E-state index in [4.69, 9.17) is 4.74 Å². The molecule has 2 unspecified atom stereocenters. The first-order valence-corrected chi connectivity index (χ1v) is 9.43. The van der Waals surface area contributed by atoms with Gasteiger partial charge in [0.25, 0.3) is 0 Å². The number of carbonyl (C=O) groups excluding carboxylic acids is 1. The molecule has 0 bridgehead atoms. The molecule has 1 radical (unpaired) electrons. The van der Waals surface area contributed by atoms with E-state index in [0.29, 0.717) is 17.1 Å². The van der Waals surface area contributed by atoms with Crippen molar-refractivity contribution in [2.24, 2.45) is 0 Å². The van der Waals surface area contributed by atoms with Gasteiger partial charge in [0.1, 0.15) is 12.0 Å². The van der Waals surface area contributed by atoms with Gasteiger partial charge in [0.15, 0.2) is 0 Å². The molecule has 0 fully saturated rings. The van der Waals surface area contributed by atoms with E-state index in [9.17, 15) is 4.79 Å². The molecule has 0 saturated carbocycles. The molecule has 0 amide bonds. The molecule has 2 nitrogen and oxygen atoms in total. The zero-order valence-corrected chi connectivity index (χ0v) is 12.9. The first-order valence-electron chi connectivity index (χ1n) is 5.98. The molecule has 1 aliphatic rings. The molecule has 1 aliphatic carbocycles. The lowest BCUT2D eigenvalue weighted by molar-refractivity contribution is 0.123. The lowest BCUT2D eigenvalue weighted by atomic mass is 10.1. The van der Waals surface area contributed by atoms with Crippen molar-refractivity contribution in [2.75, 3.05) is 6.61 Å². The summed E-state index contributed by atoms with van der Waals surface area (Å²) in [5, 5.41) is 0. The van der Waals surface area contributed by atoms with Crippen LogP contribution in [0.5, 0.6) is 0 Å². The largest absolute Gasteiger partial charge is 0.369 e. The Labute approximate surface area is 115 Å². The lowest BCUT2D eigenvalue weighted by Gasteiger charge is -2.20. The third kappa shape index (κ3) is 4.14. The minimum atomic E-state index is -0.439. The highest BCUT2D eigenvalue weighted by Gasteiger charge is 2.19. The van der Waals surface area contributed by atoms with Crippen molar-refractivity contribution in [1.29, 1.82) is 0 Å². The van der Waals surface area contributed by atoms with Crippen LogP contribution in [0.1, 0.15) is 6.92 Å². The van der Waals surface area contributed by atoms with Crippen LogP contribution in [0.2, 0.25) is 13.1 Å². The van der Waals surface area contributed by atoms with E-state index >= 15 is 0 Å². The van der Waals surface area contributed by atoms with Crippen molar-refractivity contribution in [3.8, 4) is 0 Å². The Morgan fingerprint density at radius 2 is 2.39 bits per heavy atom. The van der Waals surface area contributed by atoms with Crippen LogP contribution < -0.4 is 0 Å². The summed E-state index contributed by atoms with van der Waals surface area (Å²) < 4.78 is 5.46. The molecule has 2 atom stereocenters. The maximum Gasteiger partial charge on any atom is 0.131 e. The van der Waals surface area contributed by atoms with Crippen LogP contribution >= 0.6 is 11.8 Å². The third-order valence-electron chi connectivity index (χ3n) is 2.55. The van der Waals surface area contributed by atoms with E-state index in [-0.39, 0.29) is 6.10 Å². The zero-order valence-electron chi connectivity index (χ0n) is 11.1. The van der Waals surface area contributed by atoms with Gasteiger partial charge in [0, 0.05) is 16.4 Å². The molecule has 1 rings (SSSR count).